The molecule has 4 heteroatoms. The van der Waals surface area contributed by atoms with E-state index in [-0.39, 0.29) is 5.60 Å². The summed E-state index contributed by atoms with van der Waals surface area (Å²) in [6, 6.07) is 4.40. The van der Waals surface area contributed by atoms with Crippen LogP contribution in [0, 0.1) is 6.92 Å². The lowest BCUT2D eigenvalue weighted by atomic mass is 9.92. The molecule has 0 bridgehead atoms. The van der Waals surface area contributed by atoms with Crippen LogP contribution in [0.25, 0.3) is 10.9 Å². The van der Waals surface area contributed by atoms with E-state index < -0.39 is 0 Å². The molecular weight excluding hydrogens is 310 g/mol. The second-order valence-electron chi connectivity index (χ2n) is 7.08. The molecule has 134 valence electrons. The third-order valence-electron chi connectivity index (χ3n) is 5.20. The van der Waals surface area contributed by atoms with Gasteiger partial charge in [0.15, 0.2) is 5.88 Å². The second kappa shape index (κ2) is 7.03. The van der Waals surface area contributed by atoms with Gasteiger partial charge >= 0.3 is 0 Å². The molecule has 1 aromatic carbocycles. The Kier molecular flexibility index (Phi) is 4.98. The number of hydrogen-bond donors (Lipinski definition) is 0. The maximum atomic E-state index is 6.34. The van der Waals surface area contributed by atoms with Gasteiger partial charge in [0.1, 0.15) is 11.9 Å². The molecule has 0 saturated carbocycles. The van der Waals surface area contributed by atoms with E-state index in [0.29, 0.717) is 0 Å². The van der Waals surface area contributed by atoms with Crippen LogP contribution in [-0.4, -0.2) is 22.1 Å². The quantitative estimate of drug-likeness (QED) is 0.730. The molecule has 0 radical (unpaired) electrons. The lowest BCUT2D eigenvalue weighted by Gasteiger charge is -2.27. The fraction of sp³-hybridized carbons (Fsp3) is 0.524. The van der Waals surface area contributed by atoms with Crippen LogP contribution in [0.1, 0.15) is 57.7 Å². The number of aryl methyl sites for hydroxylation is 2. The Morgan fingerprint density at radius 2 is 1.88 bits per heavy atom. The topological polar surface area (TPSA) is 38.2 Å². The Morgan fingerprint density at radius 1 is 1.16 bits per heavy atom. The van der Waals surface area contributed by atoms with E-state index in [1.165, 1.54) is 11.3 Å². The molecule has 4 nitrogen and oxygen atoms in total. The van der Waals surface area contributed by atoms with Crippen molar-refractivity contribution in [3.63, 3.8) is 0 Å². The highest BCUT2D eigenvalue weighted by Crippen LogP contribution is 2.40. The highest BCUT2D eigenvalue weighted by Gasteiger charge is 2.41. The number of rotatable bonds is 6. The minimum absolute atomic E-state index is 0.108. The van der Waals surface area contributed by atoms with Crippen LogP contribution in [0.2, 0.25) is 0 Å². The van der Waals surface area contributed by atoms with Gasteiger partial charge in [-0.05, 0) is 50.5 Å². The van der Waals surface area contributed by atoms with Crippen molar-refractivity contribution in [1.29, 1.82) is 0 Å². The summed E-state index contributed by atoms with van der Waals surface area (Å²) < 4.78 is 6.34. The van der Waals surface area contributed by atoms with Crippen LogP contribution < -0.4 is 4.90 Å². The van der Waals surface area contributed by atoms with Crippen LogP contribution in [0.5, 0.6) is 0 Å². The number of anilines is 1. The third-order valence-corrected chi connectivity index (χ3v) is 5.20. The Bertz CT molecular complexity index is 778. The summed E-state index contributed by atoms with van der Waals surface area (Å²) in [6.45, 7) is 13.8. The summed E-state index contributed by atoms with van der Waals surface area (Å²) in [5.41, 5.74) is 4.37. The molecular formula is C21H29N3O. The lowest BCUT2D eigenvalue weighted by Crippen LogP contribution is -2.34. The van der Waals surface area contributed by atoms with Crippen molar-refractivity contribution in [3.05, 3.63) is 42.2 Å². The van der Waals surface area contributed by atoms with Gasteiger partial charge in [-0.2, -0.15) is 0 Å². The number of hydrogen-bond acceptors (Lipinski definition) is 4. The molecule has 1 aliphatic heterocycles. The molecule has 0 aliphatic carbocycles. The standard InChI is InChI=1S/C21H29N3O/c1-6-9-21(10-7-2)13-24(16(5)25-21)20-12-18-15(4)22-14-23-19(18)11-17(20)8-3/h11-12,14H,5-10,13H2,1-4H3. The van der Waals surface area contributed by atoms with Crippen LogP contribution in [-0.2, 0) is 11.2 Å². The van der Waals surface area contributed by atoms with Crippen molar-refractivity contribution >= 4 is 16.6 Å². The normalized spacial score (nSPS) is 16.5. The zero-order valence-electron chi connectivity index (χ0n) is 15.9. The summed E-state index contributed by atoms with van der Waals surface area (Å²) >= 11 is 0. The van der Waals surface area contributed by atoms with Crippen LogP contribution in [0.4, 0.5) is 5.69 Å². The van der Waals surface area contributed by atoms with Crippen molar-refractivity contribution in [1.82, 2.24) is 9.97 Å². The van der Waals surface area contributed by atoms with E-state index in [2.05, 4.69) is 54.4 Å². The first-order valence-corrected chi connectivity index (χ1v) is 9.43. The average molecular weight is 339 g/mol. The van der Waals surface area contributed by atoms with E-state index in [1.807, 2.05) is 6.92 Å². The lowest BCUT2D eigenvalue weighted by molar-refractivity contribution is 0.0324. The Labute approximate surface area is 150 Å². The summed E-state index contributed by atoms with van der Waals surface area (Å²) in [7, 11) is 0. The molecule has 2 aromatic rings. The third kappa shape index (κ3) is 3.22. The maximum absolute atomic E-state index is 6.34. The smallest absolute Gasteiger partial charge is 0.187 e. The Morgan fingerprint density at radius 3 is 2.52 bits per heavy atom. The number of fused-ring (bicyclic) bond motifs is 1. The van der Waals surface area contributed by atoms with Gasteiger partial charge < -0.3 is 9.64 Å². The van der Waals surface area contributed by atoms with Crippen LogP contribution in [0.15, 0.2) is 30.9 Å². The first-order chi connectivity index (χ1) is 12.0. The van der Waals surface area contributed by atoms with Crippen molar-refractivity contribution in [2.45, 2.75) is 65.4 Å². The largest absolute Gasteiger partial charge is 0.471 e. The van der Waals surface area contributed by atoms with E-state index in [9.17, 15) is 0 Å². The summed E-state index contributed by atoms with van der Waals surface area (Å²) in [6.07, 6.45) is 6.95. The fourth-order valence-corrected chi connectivity index (χ4v) is 4.03. The monoisotopic (exact) mass is 339 g/mol. The van der Waals surface area contributed by atoms with Crippen molar-refractivity contribution < 1.29 is 4.74 Å². The zero-order valence-corrected chi connectivity index (χ0v) is 15.9. The molecule has 0 atom stereocenters. The van der Waals surface area contributed by atoms with E-state index in [1.54, 1.807) is 6.33 Å². The van der Waals surface area contributed by atoms with Crippen molar-refractivity contribution in [2.75, 3.05) is 11.4 Å². The second-order valence-corrected chi connectivity index (χ2v) is 7.08. The van der Waals surface area contributed by atoms with Gasteiger partial charge in [0.25, 0.3) is 0 Å². The first-order valence-electron chi connectivity index (χ1n) is 9.43. The van der Waals surface area contributed by atoms with Gasteiger partial charge in [0, 0.05) is 16.8 Å². The minimum Gasteiger partial charge on any atom is -0.471 e. The van der Waals surface area contributed by atoms with Crippen molar-refractivity contribution in [3.8, 4) is 0 Å². The fourth-order valence-electron chi connectivity index (χ4n) is 4.03. The first kappa shape index (κ1) is 17.7. The van der Waals surface area contributed by atoms with Gasteiger partial charge in [-0.25, -0.2) is 9.97 Å². The van der Waals surface area contributed by atoms with Gasteiger partial charge in [-0.3, -0.25) is 0 Å². The molecule has 0 N–H and O–H groups in total. The summed E-state index contributed by atoms with van der Waals surface area (Å²) in [5, 5.41) is 1.10. The van der Waals surface area contributed by atoms with Crippen LogP contribution in [0.3, 0.4) is 0 Å². The number of aromatic nitrogens is 2. The molecule has 1 saturated heterocycles. The molecule has 25 heavy (non-hydrogen) atoms. The number of ether oxygens (including phenoxy) is 1. The zero-order chi connectivity index (χ0) is 18.0. The predicted molar refractivity (Wildman–Crippen MR) is 104 cm³/mol. The molecule has 2 heterocycles. The molecule has 1 fully saturated rings. The van der Waals surface area contributed by atoms with Gasteiger partial charge in [0.05, 0.1) is 12.1 Å². The van der Waals surface area contributed by atoms with Gasteiger partial charge in [-0.15, -0.1) is 0 Å². The van der Waals surface area contributed by atoms with Gasteiger partial charge in [-0.1, -0.05) is 33.6 Å². The highest BCUT2D eigenvalue weighted by molar-refractivity contribution is 5.86. The van der Waals surface area contributed by atoms with Gasteiger partial charge in [0.2, 0.25) is 0 Å². The SMILES string of the molecule is C=C1OC(CCC)(CCC)CN1c1cc2c(C)ncnc2cc1CC. The van der Waals surface area contributed by atoms with E-state index >= 15 is 0 Å². The maximum Gasteiger partial charge on any atom is 0.187 e. The molecule has 1 aliphatic rings. The van der Waals surface area contributed by atoms with Crippen molar-refractivity contribution in [2.24, 2.45) is 0 Å². The average Bonchev–Trinajstić information content (AvgIpc) is 2.91. The van der Waals surface area contributed by atoms with Crippen LogP contribution >= 0.6 is 0 Å². The summed E-state index contributed by atoms with van der Waals surface area (Å²) in [5.74, 6) is 0.769. The summed E-state index contributed by atoms with van der Waals surface area (Å²) in [4.78, 5) is 11.1. The molecule has 0 spiro atoms. The molecule has 0 amide bonds. The molecule has 1 aromatic heterocycles. The Hall–Kier alpha value is -2.10. The minimum atomic E-state index is -0.108. The van der Waals surface area contributed by atoms with E-state index in [4.69, 9.17) is 4.74 Å². The number of benzene rings is 1. The predicted octanol–water partition coefficient (Wildman–Crippen LogP) is 5.15. The molecule has 3 rings (SSSR count). The highest BCUT2D eigenvalue weighted by atomic mass is 16.5. The molecule has 0 unspecified atom stereocenters. The number of nitrogens with zero attached hydrogens (tertiary/aromatic N) is 3. The van der Waals surface area contributed by atoms with E-state index in [0.717, 1.165) is 61.1 Å². The Balaban J connectivity index is 2.06.